The van der Waals surface area contributed by atoms with Crippen molar-refractivity contribution in [1.82, 2.24) is 4.57 Å². The summed E-state index contributed by atoms with van der Waals surface area (Å²) >= 11 is 0. The predicted molar refractivity (Wildman–Crippen MR) is 402 cm³/mol. The molecule has 0 unspecified atom stereocenters. The largest absolute Gasteiger partial charge is 0.456 e. The quantitative estimate of drug-likeness (QED) is 0.135. The van der Waals surface area contributed by atoms with Crippen molar-refractivity contribution in [3.63, 3.8) is 0 Å². The Morgan fingerprint density at radius 3 is 0.906 bits per heavy atom. The van der Waals surface area contributed by atoms with Crippen LogP contribution >= 0.6 is 0 Å². The first kappa shape index (κ1) is 54.0. The van der Waals surface area contributed by atoms with Crippen LogP contribution in [0.3, 0.4) is 0 Å². The van der Waals surface area contributed by atoms with Crippen LogP contribution in [-0.4, -0.2) is 11.3 Å². The Kier molecular flexibility index (Phi) is 12.1. The highest BCUT2D eigenvalue weighted by Gasteiger charge is 2.45. The zero-order chi connectivity index (χ0) is 63.0. The number of aromatic nitrogens is 1. The highest BCUT2D eigenvalue weighted by molar-refractivity contribution is 7.00. The van der Waals surface area contributed by atoms with Crippen molar-refractivity contribution in [1.29, 1.82) is 0 Å². The Hall–Kier alpha value is -12.6. The Bertz CT molecular complexity index is 5770. The summed E-state index contributed by atoms with van der Waals surface area (Å²) in [6.07, 6.45) is 0. The van der Waals surface area contributed by atoms with E-state index in [2.05, 4.69) is 354 Å². The number of hydrogen-bond donors (Lipinski definition) is 0. The summed E-state index contributed by atoms with van der Waals surface area (Å²) in [5.41, 5.74) is 30.4. The molecular formula is C90H56BN3O2. The zero-order valence-corrected chi connectivity index (χ0v) is 52.1. The summed E-state index contributed by atoms with van der Waals surface area (Å²) in [6.45, 7) is -0.246. The molecule has 0 bridgehead atoms. The number of fused-ring (bicyclic) bond motifs is 13. The maximum atomic E-state index is 7.00. The molecule has 18 aromatic rings. The average Bonchev–Trinajstić information content (AvgIpc) is 0.865. The Labute approximate surface area is 554 Å². The molecule has 0 aliphatic carbocycles. The third-order valence-corrected chi connectivity index (χ3v) is 20.1. The van der Waals surface area contributed by atoms with E-state index in [9.17, 15) is 0 Å². The molecule has 0 fully saturated rings. The molecule has 5 heterocycles. The summed E-state index contributed by atoms with van der Waals surface area (Å²) in [4.78, 5) is 5.16. The second-order valence-electron chi connectivity index (χ2n) is 25.5. The van der Waals surface area contributed by atoms with Gasteiger partial charge in [0.05, 0.1) is 38.9 Å². The highest BCUT2D eigenvalue weighted by atomic mass is 16.3. The fourth-order valence-electron chi connectivity index (χ4n) is 15.8. The molecule has 0 saturated heterocycles. The van der Waals surface area contributed by atoms with Crippen LogP contribution in [0.25, 0.3) is 138 Å². The normalized spacial score (nSPS) is 12.5. The number of hydrogen-bond acceptors (Lipinski definition) is 4. The van der Waals surface area contributed by atoms with Gasteiger partial charge in [-0.1, -0.05) is 243 Å². The van der Waals surface area contributed by atoms with Crippen LogP contribution in [0.1, 0.15) is 0 Å². The monoisotopic (exact) mass is 1220 g/mol. The maximum absolute atomic E-state index is 7.00. The van der Waals surface area contributed by atoms with E-state index in [0.717, 1.165) is 150 Å². The van der Waals surface area contributed by atoms with Crippen molar-refractivity contribution in [3.8, 4) is 72.4 Å². The minimum absolute atomic E-state index is 0.246. The molecule has 3 aromatic heterocycles. The van der Waals surface area contributed by atoms with Crippen LogP contribution in [0.5, 0.6) is 0 Å². The summed E-state index contributed by atoms with van der Waals surface area (Å²) in [6, 6.07) is 125. The van der Waals surface area contributed by atoms with Gasteiger partial charge < -0.3 is 23.2 Å². The van der Waals surface area contributed by atoms with Gasteiger partial charge in [0.15, 0.2) is 0 Å². The molecule has 96 heavy (non-hydrogen) atoms. The van der Waals surface area contributed by atoms with Crippen molar-refractivity contribution >= 4 is 123 Å². The first-order valence-electron chi connectivity index (χ1n) is 33.0. The number of anilines is 6. The number of rotatable bonds is 9. The zero-order valence-electron chi connectivity index (χ0n) is 52.1. The van der Waals surface area contributed by atoms with Crippen LogP contribution < -0.4 is 26.2 Å². The molecule has 15 aromatic carbocycles. The van der Waals surface area contributed by atoms with Gasteiger partial charge in [0.2, 0.25) is 0 Å². The van der Waals surface area contributed by atoms with Crippen LogP contribution in [0.2, 0.25) is 0 Å². The molecule has 0 atom stereocenters. The van der Waals surface area contributed by atoms with Crippen LogP contribution in [0, 0.1) is 0 Å². The van der Waals surface area contributed by atoms with E-state index in [4.69, 9.17) is 8.83 Å². The molecule has 0 spiro atoms. The van der Waals surface area contributed by atoms with E-state index in [1.165, 1.54) is 38.3 Å². The molecule has 0 N–H and O–H groups in total. The molecule has 20 rings (SSSR count). The second-order valence-corrected chi connectivity index (χ2v) is 25.5. The summed E-state index contributed by atoms with van der Waals surface area (Å²) < 4.78 is 16.5. The second kappa shape index (κ2) is 21.5. The lowest BCUT2D eigenvalue weighted by atomic mass is 9.33. The highest BCUT2D eigenvalue weighted by Crippen LogP contribution is 2.52. The first-order valence-corrected chi connectivity index (χ1v) is 33.0. The summed E-state index contributed by atoms with van der Waals surface area (Å²) in [5, 5.41) is 6.54. The lowest BCUT2D eigenvalue weighted by Crippen LogP contribution is -2.61. The Morgan fingerprint density at radius 1 is 0.219 bits per heavy atom. The van der Waals surface area contributed by atoms with Gasteiger partial charge in [-0.3, -0.25) is 0 Å². The van der Waals surface area contributed by atoms with Gasteiger partial charge in [-0.2, -0.15) is 0 Å². The smallest absolute Gasteiger partial charge is 0.252 e. The minimum Gasteiger partial charge on any atom is -0.456 e. The first-order chi connectivity index (χ1) is 47.6. The molecule has 2 aliphatic rings. The predicted octanol–water partition coefficient (Wildman–Crippen LogP) is 22.7. The molecule has 0 saturated carbocycles. The molecule has 446 valence electrons. The fourth-order valence-corrected chi connectivity index (χ4v) is 15.8. The van der Waals surface area contributed by atoms with Crippen molar-refractivity contribution in [2.45, 2.75) is 0 Å². The summed E-state index contributed by atoms with van der Waals surface area (Å²) in [7, 11) is 0. The lowest BCUT2D eigenvalue weighted by Gasteiger charge is -2.45. The van der Waals surface area contributed by atoms with E-state index in [1.54, 1.807) is 0 Å². The van der Waals surface area contributed by atoms with Gasteiger partial charge in [-0.05, 0) is 180 Å². The van der Waals surface area contributed by atoms with Gasteiger partial charge in [0.1, 0.15) is 22.3 Å². The van der Waals surface area contributed by atoms with Gasteiger partial charge in [0.25, 0.3) is 6.71 Å². The average molecular weight is 1220 g/mol. The third-order valence-electron chi connectivity index (χ3n) is 20.1. The third kappa shape index (κ3) is 8.45. The van der Waals surface area contributed by atoms with Gasteiger partial charge in [0, 0.05) is 44.3 Å². The van der Waals surface area contributed by atoms with Crippen LogP contribution in [-0.2, 0) is 0 Å². The SMILES string of the molecule is c1ccc(-c2ccc3c(c2)B2c4cc(-c5ccccc5)ccc4N(c4cccc5oc6ccc(-c7ccccc7)cc6c45)c4cc(-n5c6ccc(-c7ccccc7)cc6c6cc(-c7ccccc7)ccc65)cc(c42)N3c2cccc3oc4ccc(-c5ccccc5)cc4c23)cc1. The van der Waals surface area contributed by atoms with Crippen LogP contribution in [0.15, 0.2) is 349 Å². The van der Waals surface area contributed by atoms with Crippen molar-refractivity contribution in [2.75, 3.05) is 9.80 Å². The molecule has 2 aliphatic heterocycles. The van der Waals surface area contributed by atoms with E-state index in [1.807, 2.05) is 0 Å². The Morgan fingerprint density at radius 2 is 0.542 bits per heavy atom. The molecule has 0 amide bonds. The van der Waals surface area contributed by atoms with E-state index >= 15 is 0 Å². The van der Waals surface area contributed by atoms with Crippen molar-refractivity contribution < 1.29 is 8.83 Å². The number of furan rings is 2. The fraction of sp³-hybridized carbons (Fsp3) is 0. The standard InChI is InChI=1S/C90H56BN3O2/c1-7-21-57(22-8-1)63-37-43-76-70(49-63)71-50-64(58-23-9-2-10-24-58)38-44-77(71)92(76)69-55-82-90-83(56-69)94(81-34-20-36-87-89(81)73-52-66(42-48-85(73)96-87)60-27-13-4-14-28-60)79-46-40-68(62-31-17-6-18-32-62)54-75(79)91(90)74-53-67(61-29-15-5-16-30-61)39-45-78(74)93(82)80-33-19-35-86-88(80)72-51-65(41-47-84(72)95-86)59-25-11-3-12-26-59/h1-56H. The minimum atomic E-state index is -0.246. The summed E-state index contributed by atoms with van der Waals surface area (Å²) in [5.74, 6) is 0. The van der Waals surface area contributed by atoms with Gasteiger partial charge in [-0.25, -0.2) is 0 Å². The lowest BCUT2D eigenvalue weighted by molar-refractivity contribution is 0.668. The molecule has 6 heteroatoms. The van der Waals surface area contributed by atoms with E-state index in [-0.39, 0.29) is 6.71 Å². The van der Waals surface area contributed by atoms with Crippen molar-refractivity contribution in [2.24, 2.45) is 0 Å². The molecule has 0 radical (unpaired) electrons. The molecule has 5 nitrogen and oxygen atoms in total. The number of nitrogens with zero attached hydrogens (tertiary/aromatic N) is 3. The topological polar surface area (TPSA) is 37.7 Å². The number of benzene rings is 15. The van der Waals surface area contributed by atoms with Gasteiger partial charge >= 0.3 is 0 Å². The van der Waals surface area contributed by atoms with E-state index in [0.29, 0.717) is 0 Å². The van der Waals surface area contributed by atoms with Crippen LogP contribution in [0.4, 0.5) is 34.1 Å². The van der Waals surface area contributed by atoms with E-state index < -0.39 is 0 Å². The van der Waals surface area contributed by atoms with Crippen molar-refractivity contribution in [3.05, 3.63) is 340 Å². The molecular weight excluding hydrogens is 1170 g/mol. The Balaban J connectivity index is 0.940. The maximum Gasteiger partial charge on any atom is 0.252 e. The van der Waals surface area contributed by atoms with Gasteiger partial charge in [-0.15, -0.1) is 0 Å².